The highest BCUT2D eigenvalue weighted by Gasteiger charge is 2.33. The van der Waals surface area contributed by atoms with Crippen molar-refractivity contribution in [1.29, 1.82) is 0 Å². The van der Waals surface area contributed by atoms with Crippen LogP contribution >= 0.6 is 11.8 Å². The number of halogens is 3. The lowest BCUT2D eigenvalue weighted by atomic mass is 10.4. The number of rotatable bonds is 4. The minimum Gasteiger partial charge on any atom is -0.310 e. The highest BCUT2D eigenvalue weighted by molar-refractivity contribution is 7.98. The molecular formula is C11H12F3N5OS. The molecule has 2 rings (SSSR count). The van der Waals surface area contributed by atoms with Crippen molar-refractivity contribution >= 4 is 11.8 Å². The number of H-pyrrole nitrogens is 1. The normalized spacial score (nSPS) is 11.9. The third kappa shape index (κ3) is 3.63. The standard InChI is InChI=1S/C11H12F3N5OS/c1-3-8-17-18-10(19(8)2)21-5-7-15-6(11(12,13)14)4-9(20)16-7/h4H,3,5H2,1-2H3,(H,15,16,20). The van der Waals surface area contributed by atoms with Crippen LogP contribution in [-0.2, 0) is 25.4 Å². The van der Waals surface area contributed by atoms with Gasteiger partial charge in [0, 0.05) is 19.5 Å². The quantitative estimate of drug-likeness (QED) is 0.869. The Morgan fingerprint density at radius 1 is 1.38 bits per heavy atom. The Morgan fingerprint density at radius 3 is 2.67 bits per heavy atom. The number of alkyl halides is 3. The number of aromatic amines is 1. The van der Waals surface area contributed by atoms with E-state index < -0.39 is 17.4 Å². The molecular weight excluding hydrogens is 307 g/mol. The van der Waals surface area contributed by atoms with Crippen LogP contribution in [0.5, 0.6) is 0 Å². The van der Waals surface area contributed by atoms with Gasteiger partial charge in [0.1, 0.15) is 11.6 Å². The molecule has 0 aliphatic rings. The molecule has 6 nitrogen and oxygen atoms in total. The summed E-state index contributed by atoms with van der Waals surface area (Å²) in [6.07, 6.45) is -3.95. The van der Waals surface area contributed by atoms with Gasteiger partial charge in [0.2, 0.25) is 0 Å². The Hall–Kier alpha value is -1.84. The van der Waals surface area contributed by atoms with E-state index >= 15 is 0 Å². The molecule has 0 saturated heterocycles. The first kappa shape index (κ1) is 15.5. The van der Waals surface area contributed by atoms with Gasteiger partial charge in [0.05, 0.1) is 5.75 Å². The van der Waals surface area contributed by atoms with Gasteiger partial charge in [-0.25, -0.2) is 4.98 Å². The zero-order chi connectivity index (χ0) is 15.6. The van der Waals surface area contributed by atoms with Crippen LogP contribution < -0.4 is 5.56 Å². The molecule has 0 fully saturated rings. The van der Waals surface area contributed by atoms with Gasteiger partial charge in [0.25, 0.3) is 5.56 Å². The van der Waals surface area contributed by atoms with E-state index in [0.29, 0.717) is 17.6 Å². The van der Waals surface area contributed by atoms with Crippen LogP contribution in [0.4, 0.5) is 13.2 Å². The Balaban J connectivity index is 2.18. The fourth-order valence-corrected chi connectivity index (χ4v) is 2.43. The molecule has 21 heavy (non-hydrogen) atoms. The van der Waals surface area contributed by atoms with Crippen LogP contribution in [0.2, 0.25) is 0 Å². The number of hydrogen-bond acceptors (Lipinski definition) is 5. The highest BCUT2D eigenvalue weighted by Crippen LogP contribution is 2.27. The molecule has 0 aliphatic carbocycles. The second-order valence-corrected chi connectivity index (χ2v) is 5.12. The lowest BCUT2D eigenvalue weighted by Gasteiger charge is -2.07. The molecule has 0 radical (unpaired) electrons. The maximum atomic E-state index is 12.6. The van der Waals surface area contributed by atoms with Crippen LogP contribution in [0.25, 0.3) is 0 Å². The van der Waals surface area contributed by atoms with E-state index in [1.54, 1.807) is 11.6 Å². The summed E-state index contributed by atoms with van der Waals surface area (Å²) in [6, 6.07) is 0.436. The number of nitrogens with zero attached hydrogens (tertiary/aromatic N) is 4. The van der Waals surface area contributed by atoms with Gasteiger partial charge in [-0.1, -0.05) is 18.7 Å². The number of nitrogens with one attached hydrogen (secondary N) is 1. The maximum Gasteiger partial charge on any atom is 0.433 e. The largest absolute Gasteiger partial charge is 0.433 e. The number of thioether (sulfide) groups is 1. The molecule has 0 bridgehead atoms. The predicted octanol–water partition coefficient (Wildman–Crippen LogP) is 1.77. The highest BCUT2D eigenvalue weighted by atomic mass is 32.2. The molecule has 10 heteroatoms. The van der Waals surface area contributed by atoms with Gasteiger partial charge >= 0.3 is 6.18 Å². The van der Waals surface area contributed by atoms with Crippen LogP contribution in [-0.4, -0.2) is 24.7 Å². The van der Waals surface area contributed by atoms with E-state index in [1.165, 1.54) is 0 Å². The molecule has 0 unspecified atom stereocenters. The summed E-state index contributed by atoms with van der Waals surface area (Å²) in [4.78, 5) is 17.0. The third-order valence-electron chi connectivity index (χ3n) is 2.66. The number of hydrogen-bond donors (Lipinski definition) is 1. The van der Waals surface area contributed by atoms with Crippen LogP contribution in [0.15, 0.2) is 16.0 Å². The third-order valence-corrected chi connectivity index (χ3v) is 3.69. The van der Waals surface area contributed by atoms with Crippen LogP contribution in [0.3, 0.4) is 0 Å². The summed E-state index contributed by atoms with van der Waals surface area (Å²) < 4.78 is 39.5. The SMILES string of the molecule is CCc1nnc(SCc2nc(C(F)(F)F)cc(=O)[nH]2)n1C. The average Bonchev–Trinajstić information content (AvgIpc) is 2.75. The lowest BCUT2D eigenvalue weighted by molar-refractivity contribution is -0.141. The van der Waals surface area contributed by atoms with E-state index in [4.69, 9.17) is 0 Å². The monoisotopic (exact) mass is 319 g/mol. The summed E-state index contributed by atoms with van der Waals surface area (Å²) >= 11 is 1.15. The molecule has 2 aromatic rings. The van der Waals surface area contributed by atoms with Crippen molar-refractivity contribution < 1.29 is 13.2 Å². The summed E-state index contributed by atoms with van der Waals surface area (Å²) in [5, 5.41) is 8.42. The second-order valence-electron chi connectivity index (χ2n) is 4.18. The summed E-state index contributed by atoms with van der Waals surface area (Å²) in [7, 11) is 1.77. The molecule has 1 N–H and O–H groups in total. The smallest absolute Gasteiger partial charge is 0.310 e. The van der Waals surface area contributed by atoms with Gasteiger partial charge in [-0.15, -0.1) is 10.2 Å². The van der Waals surface area contributed by atoms with Gasteiger partial charge in [-0.2, -0.15) is 13.2 Å². The van der Waals surface area contributed by atoms with E-state index in [9.17, 15) is 18.0 Å². The summed E-state index contributed by atoms with van der Waals surface area (Å²) in [5.41, 5.74) is -2.03. The zero-order valence-corrected chi connectivity index (χ0v) is 12.0. The molecule has 0 amide bonds. The molecule has 0 saturated carbocycles. The fourth-order valence-electron chi connectivity index (χ4n) is 1.63. The first-order valence-corrected chi connectivity index (χ1v) is 6.98. The molecule has 114 valence electrons. The van der Waals surface area contributed by atoms with Crippen molar-refractivity contribution in [3.05, 3.63) is 33.8 Å². The van der Waals surface area contributed by atoms with E-state index in [2.05, 4.69) is 20.2 Å². The zero-order valence-electron chi connectivity index (χ0n) is 11.2. The molecule has 2 heterocycles. The van der Waals surface area contributed by atoms with E-state index in [0.717, 1.165) is 17.6 Å². The first-order valence-electron chi connectivity index (χ1n) is 5.99. The van der Waals surface area contributed by atoms with Crippen LogP contribution in [0, 0.1) is 0 Å². The van der Waals surface area contributed by atoms with Gasteiger partial charge in [0.15, 0.2) is 10.9 Å². The lowest BCUT2D eigenvalue weighted by Crippen LogP contribution is -2.18. The Labute approximate surface area is 121 Å². The molecule has 0 aromatic carbocycles. The minimum absolute atomic E-state index is 0.0547. The van der Waals surface area contributed by atoms with Crippen molar-refractivity contribution in [3.63, 3.8) is 0 Å². The summed E-state index contributed by atoms with van der Waals surface area (Å²) in [6.45, 7) is 1.92. The van der Waals surface area contributed by atoms with Crippen molar-refractivity contribution in [2.24, 2.45) is 7.05 Å². The molecule has 0 atom stereocenters. The number of aromatic nitrogens is 5. The Morgan fingerprint density at radius 2 is 2.10 bits per heavy atom. The molecule has 2 aromatic heterocycles. The van der Waals surface area contributed by atoms with Crippen molar-refractivity contribution in [1.82, 2.24) is 24.7 Å². The van der Waals surface area contributed by atoms with Gasteiger partial charge < -0.3 is 9.55 Å². The Bertz CT molecular complexity index is 694. The Kier molecular flexibility index (Phi) is 4.35. The minimum atomic E-state index is -4.65. The topological polar surface area (TPSA) is 76.5 Å². The number of aryl methyl sites for hydroxylation is 1. The van der Waals surface area contributed by atoms with Gasteiger partial charge in [-0.05, 0) is 0 Å². The second kappa shape index (κ2) is 5.88. The average molecular weight is 319 g/mol. The maximum absolute atomic E-state index is 12.6. The first-order chi connectivity index (χ1) is 9.81. The van der Waals surface area contributed by atoms with E-state index in [1.807, 2.05) is 6.92 Å². The van der Waals surface area contributed by atoms with Crippen molar-refractivity contribution in [2.45, 2.75) is 30.4 Å². The predicted molar refractivity (Wildman–Crippen MR) is 69.8 cm³/mol. The fraction of sp³-hybridized carbons (Fsp3) is 0.455. The van der Waals surface area contributed by atoms with Crippen molar-refractivity contribution in [2.75, 3.05) is 0 Å². The van der Waals surface area contributed by atoms with E-state index in [-0.39, 0.29) is 11.6 Å². The molecule has 0 spiro atoms. The molecule has 0 aliphatic heterocycles. The van der Waals surface area contributed by atoms with Gasteiger partial charge in [-0.3, -0.25) is 4.79 Å². The van der Waals surface area contributed by atoms with Crippen molar-refractivity contribution in [3.8, 4) is 0 Å². The van der Waals surface area contributed by atoms with Crippen LogP contribution in [0.1, 0.15) is 24.3 Å². The summed E-state index contributed by atoms with van der Waals surface area (Å²) in [5.74, 6) is 0.776.